The minimum absolute atomic E-state index is 0.560. The zero-order valence-corrected chi connectivity index (χ0v) is 20.7. The summed E-state index contributed by atoms with van der Waals surface area (Å²) < 4.78 is 8.93. The summed E-state index contributed by atoms with van der Waals surface area (Å²) in [5.74, 6) is 1.61. The zero-order valence-electron chi connectivity index (χ0n) is 20.7. The van der Waals surface area contributed by atoms with Crippen LogP contribution in [0.5, 0.6) is 0 Å². The van der Waals surface area contributed by atoms with E-state index >= 15 is 0 Å². The molecule has 0 N–H and O–H groups in total. The van der Waals surface area contributed by atoms with E-state index in [2.05, 4.69) is 39.4 Å². The van der Waals surface area contributed by atoms with Crippen LogP contribution in [0.25, 0.3) is 16.9 Å². The van der Waals surface area contributed by atoms with Crippen LogP contribution in [0.4, 0.5) is 0 Å². The summed E-state index contributed by atoms with van der Waals surface area (Å²) >= 11 is 0. The highest BCUT2D eigenvalue weighted by Gasteiger charge is 2.13. The maximum Gasteiger partial charge on any atom is 0.156 e. The molecule has 0 amide bonds. The molecule has 0 aliphatic carbocycles. The van der Waals surface area contributed by atoms with Gasteiger partial charge in [0.05, 0.1) is 18.4 Å². The molecule has 5 heterocycles. The zero-order chi connectivity index (χ0) is 24.3. The van der Waals surface area contributed by atoms with Gasteiger partial charge in [0.1, 0.15) is 11.5 Å². The second-order valence-corrected chi connectivity index (χ2v) is 9.71. The molecule has 4 aromatic heterocycles. The molecule has 0 unspecified atom stereocenters. The number of hydrogen-bond acceptors (Lipinski definition) is 6. The van der Waals surface area contributed by atoms with Gasteiger partial charge >= 0.3 is 0 Å². The second kappa shape index (κ2) is 10.1. The molecule has 0 spiro atoms. The van der Waals surface area contributed by atoms with E-state index in [0.717, 1.165) is 40.6 Å². The number of aryl methyl sites for hydroxylation is 2. The van der Waals surface area contributed by atoms with Crippen LogP contribution >= 0.6 is 0 Å². The molecular weight excluding hydrogens is 450 g/mol. The van der Waals surface area contributed by atoms with Gasteiger partial charge in [-0.3, -0.25) is 4.68 Å². The quantitative estimate of drug-likeness (QED) is 0.307. The van der Waals surface area contributed by atoms with Crippen LogP contribution in [0.2, 0.25) is 0 Å². The Morgan fingerprint density at radius 1 is 1.00 bits per heavy atom. The van der Waals surface area contributed by atoms with Gasteiger partial charge < -0.3 is 9.42 Å². The number of rotatable bonds is 9. The van der Waals surface area contributed by atoms with Gasteiger partial charge in [-0.15, -0.1) is 0 Å². The first-order valence-electron chi connectivity index (χ1n) is 12.8. The SMILES string of the molecule is Cc1cc(Cn2cc(-c3cccc4nc(Cc5ccc(CCCN6CCCC6)cc5)nn34)cn2)no1. The summed E-state index contributed by atoms with van der Waals surface area (Å²) in [5, 5.41) is 13.4. The minimum Gasteiger partial charge on any atom is -0.361 e. The molecule has 1 aliphatic rings. The molecule has 8 heteroatoms. The molecule has 1 aromatic carbocycles. The van der Waals surface area contributed by atoms with Gasteiger partial charge in [-0.2, -0.15) is 10.2 Å². The maximum atomic E-state index is 5.16. The van der Waals surface area contributed by atoms with Crippen LogP contribution in [-0.4, -0.2) is 54.1 Å². The molecule has 0 radical (unpaired) electrons. The predicted molar refractivity (Wildman–Crippen MR) is 138 cm³/mol. The van der Waals surface area contributed by atoms with Gasteiger partial charge in [0.2, 0.25) is 0 Å². The molecule has 0 bridgehead atoms. The third-order valence-electron chi connectivity index (χ3n) is 6.86. The minimum atomic E-state index is 0.560. The summed E-state index contributed by atoms with van der Waals surface area (Å²) in [6, 6.07) is 16.9. The lowest BCUT2D eigenvalue weighted by atomic mass is 10.1. The Bertz CT molecular complexity index is 1440. The van der Waals surface area contributed by atoms with Crippen LogP contribution in [0.15, 0.2) is 65.4 Å². The second-order valence-electron chi connectivity index (χ2n) is 9.71. The lowest BCUT2D eigenvalue weighted by Gasteiger charge is -2.13. The number of fused-ring (bicyclic) bond motifs is 1. The van der Waals surface area contributed by atoms with Crippen LogP contribution in [0.1, 0.15) is 47.7 Å². The van der Waals surface area contributed by atoms with Crippen molar-refractivity contribution in [3.63, 3.8) is 0 Å². The Labute approximate surface area is 210 Å². The number of pyridine rings is 1. The average Bonchev–Trinajstić information content (AvgIpc) is 3.68. The van der Waals surface area contributed by atoms with Gasteiger partial charge in [-0.25, -0.2) is 9.50 Å². The summed E-state index contributed by atoms with van der Waals surface area (Å²) in [5.41, 5.74) is 6.26. The maximum absolute atomic E-state index is 5.16. The Morgan fingerprint density at radius 2 is 1.83 bits per heavy atom. The Hall–Kier alpha value is -3.78. The first-order valence-corrected chi connectivity index (χ1v) is 12.8. The first kappa shape index (κ1) is 22.7. The van der Waals surface area contributed by atoms with Gasteiger partial charge in [0, 0.05) is 24.2 Å². The van der Waals surface area contributed by atoms with Crippen molar-refractivity contribution < 1.29 is 4.52 Å². The van der Waals surface area contributed by atoms with Crippen molar-refractivity contribution in [1.82, 2.24) is 34.4 Å². The van der Waals surface area contributed by atoms with E-state index in [4.69, 9.17) is 14.6 Å². The van der Waals surface area contributed by atoms with Crippen LogP contribution in [0.3, 0.4) is 0 Å². The van der Waals surface area contributed by atoms with E-state index in [1.54, 1.807) is 0 Å². The van der Waals surface area contributed by atoms with Crippen molar-refractivity contribution in [2.75, 3.05) is 19.6 Å². The predicted octanol–water partition coefficient (Wildman–Crippen LogP) is 4.56. The fraction of sp³-hybridized carbons (Fsp3) is 0.357. The fourth-order valence-corrected chi connectivity index (χ4v) is 5.00. The number of benzene rings is 1. The van der Waals surface area contributed by atoms with Gasteiger partial charge in [0.25, 0.3) is 0 Å². The van der Waals surface area contributed by atoms with E-state index in [9.17, 15) is 0 Å². The molecule has 0 atom stereocenters. The topological polar surface area (TPSA) is 77.3 Å². The van der Waals surface area contributed by atoms with E-state index in [1.165, 1.54) is 50.0 Å². The highest BCUT2D eigenvalue weighted by Crippen LogP contribution is 2.21. The van der Waals surface area contributed by atoms with Crippen molar-refractivity contribution >= 4 is 5.65 Å². The lowest BCUT2D eigenvalue weighted by Crippen LogP contribution is -2.20. The Morgan fingerprint density at radius 3 is 2.64 bits per heavy atom. The largest absolute Gasteiger partial charge is 0.361 e. The van der Waals surface area contributed by atoms with E-state index in [1.807, 2.05) is 52.8 Å². The number of aromatic nitrogens is 6. The summed E-state index contributed by atoms with van der Waals surface area (Å²) in [6.07, 6.45) is 9.65. The molecule has 6 rings (SSSR count). The van der Waals surface area contributed by atoms with Crippen molar-refractivity contribution in [3.8, 4) is 11.3 Å². The highest BCUT2D eigenvalue weighted by molar-refractivity contribution is 5.61. The van der Waals surface area contributed by atoms with Crippen LogP contribution in [0, 0.1) is 6.92 Å². The van der Waals surface area contributed by atoms with Crippen molar-refractivity contribution in [3.05, 3.63) is 89.3 Å². The number of likely N-dealkylation sites (tertiary alicyclic amines) is 1. The third kappa shape index (κ3) is 5.09. The Balaban J connectivity index is 1.13. The monoisotopic (exact) mass is 481 g/mol. The summed E-state index contributed by atoms with van der Waals surface area (Å²) in [6.45, 7) is 6.21. The van der Waals surface area contributed by atoms with Crippen molar-refractivity contribution in [2.45, 2.75) is 45.6 Å². The van der Waals surface area contributed by atoms with E-state index in [0.29, 0.717) is 13.0 Å². The fourth-order valence-electron chi connectivity index (χ4n) is 5.00. The smallest absolute Gasteiger partial charge is 0.156 e. The average molecular weight is 482 g/mol. The van der Waals surface area contributed by atoms with Gasteiger partial charge in [-0.05, 0) is 75.5 Å². The first-order chi connectivity index (χ1) is 17.7. The molecule has 5 aromatic rings. The number of hydrogen-bond donors (Lipinski definition) is 0. The molecule has 1 aliphatic heterocycles. The standard InChI is InChI=1S/C28H31N7O/c1-21-16-25(32-36-21)20-34-19-24(18-29-34)26-7-4-8-28-30-27(31-35(26)28)17-23-11-9-22(10-12-23)6-5-15-33-13-2-3-14-33/h4,7-12,16,18-19H,2-3,5-6,13-15,17,20H2,1H3. The molecule has 8 nitrogen and oxygen atoms in total. The van der Waals surface area contributed by atoms with Crippen LogP contribution in [-0.2, 0) is 19.4 Å². The van der Waals surface area contributed by atoms with Crippen molar-refractivity contribution in [1.29, 1.82) is 0 Å². The summed E-state index contributed by atoms with van der Waals surface area (Å²) in [4.78, 5) is 7.37. The third-order valence-corrected chi connectivity index (χ3v) is 6.86. The molecule has 36 heavy (non-hydrogen) atoms. The highest BCUT2D eigenvalue weighted by atomic mass is 16.5. The van der Waals surface area contributed by atoms with Gasteiger partial charge in [0.15, 0.2) is 11.5 Å². The van der Waals surface area contributed by atoms with Crippen LogP contribution < -0.4 is 0 Å². The molecule has 1 saturated heterocycles. The lowest BCUT2D eigenvalue weighted by molar-refractivity contribution is 0.334. The van der Waals surface area contributed by atoms with Crippen molar-refractivity contribution in [2.24, 2.45) is 0 Å². The molecule has 184 valence electrons. The van der Waals surface area contributed by atoms with E-state index < -0.39 is 0 Å². The number of nitrogens with zero attached hydrogens (tertiary/aromatic N) is 7. The Kier molecular flexibility index (Phi) is 6.34. The summed E-state index contributed by atoms with van der Waals surface area (Å²) in [7, 11) is 0. The normalized spacial score (nSPS) is 14.2. The molecular formula is C28H31N7O. The molecule has 0 saturated carbocycles. The van der Waals surface area contributed by atoms with E-state index in [-0.39, 0.29) is 0 Å². The molecule has 1 fully saturated rings. The van der Waals surface area contributed by atoms with Gasteiger partial charge in [-0.1, -0.05) is 35.5 Å².